The van der Waals surface area contributed by atoms with Crippen molar-refractivity contribution in [3.8, 4) is 11.5 Å². The van der Waals surface area contributed by atoms with Crippen molar-refractivity contribution in [3.05, 3.63) is 30.3 Å². The van der Waals surface area contributed by atoms with Crippen LogP contribution in [0.1, 0.15) is 52.5 Å². The van der Waals surface area contributed by atoms with E-state index in [0.29, 0.717) is 23.6 Å². The highest BCUT2D eigenvalue weighted by Crippen LogP contribution is 2.29. The number of benzene rings is 1. The van der Waals surface area contributed by atoms with Gasteiger partial charge in [-0.3, -0.25) is 4.79 Å². The number of nitrogens with zero attached hydrogens (tertiary/aromatic N) is 1. The maximum absolute atomic E-state index is 10.7. The molecule has 0 aromatic heterocycles. The van der Waals surface area contributed by atoms with Crippen LogP contribution < -0.4 is 10.5 Å². The molecule has 0 aliphatic carbocycles. The Morgan fingerprint density at radius 1 is 1.43 bits per heavy atom. The minimum Gasteiger partial charge on any atom is -0.504 e. The van der Waals surface area contributed by atoms with Gasteiger partial charge in [0, 0.05) is 12.0 Å². The lowest BCUT2D eigenvalue weighted by Crippen LogP contribution is -2.08. The van der Waals surface area contributed by atoms with Crippen molar-refractivity contribution in [2.24, 2.45) is 10.7 Å². The molecular weight excluding hydrogens is 292 g/mol. The summed E-state index contributed by atoms with van der Waals surface area (Å²) in [6.45, 7) is 11.2. The van der Waals surface area contributed by atoms with E-state index in [1.807, 2.05) is 20.8 Å². The van der Waals surface area contributed by atoms with Gasteiger partial charge in [0.2, 0.25) is 5.91 Å². The third-order valence-electron chi connectivity index (χ3n) is 2.52. The summed E-state index contributed by atoms with van der Waals surface area (Å²) in [5.74, 6) is 0.857. The van der Waals surface area contributed by atoms with Crippen LogP contribution in [0.4, 0.5) is 0 Å². The molecule has 0 unspecified atom stereocenters. The monoisotopic (exact) mass is 322 g/mol. The first kappa shape index (κ1) is 23.0. The zero-order chi connectivity index (χ0) is 18.3. The molecule has 0 spiro atoms. The molecule has 5 heteroatoms. The SMILES string of the molecule is C=Cc1cccc(OC)c1O.CC.CCCCC(=O)N=C(C)N. The number of rotatable bonds is 5. The molecule has 0 atom stereocenters. The lowest BCUT2D eigenvalue weighted by molar-refractivity contribution is -0.117. The van der Waals surface area contributed by atoms with Gasteiger partial charge in [0.1, 0.15) is 0 Å². The summed E-state index contributed by atoms with van der Waals surface area (Å²) in [7, 11) is 1.52. The fourth-order valence-corrected chi connectivity index (χ4v) is 1.45. The Hall–Kier alpha value is -2.30. The van der Waals surface area contributed by atoms with E-state index in [-0.39, 0.29) is 11.7 Å². The standard InChI is InChI=1S/C9H10O2.C7H14N2O.C2H6/c1-3-7-5-4-6-8(11-2)9(7)10;1-3-4-5-7(10)9-6(2)8;1-2/h3-6,10H,1H2,2H3;3-5H2,1-2H3,(H2,8,9,10);1-2H3. The molecule has 23 heavy (non-hydrogen) atoms. The molecule has 0 aliphatic rings. The number of ether oxygens (including phenoxy) is 1. The molecule has 0 saturated heterocycles. The van der Waals surface area contributed by atoms with Gasteiger partial charge in [-0.1, -0.05) is 52.0 Å². The van der Waals surface area contributed by atoms with Crippen LogP contribution in [-0.4, -0.2) is 24.0 Å². The predicted octanol–water partition coefficient (Wildman–Crippen LogP) is 4.15. The number of carbonyl (C=O) groups excluding carboxylic acids is 1. The molecule has 130 valence electrons. The van der Waals surface area contributed by atoms with E-state index < -0.39 is 0 Å². The summed E-state index contributed by atoms with van der Waals surface area (Å²) < 4.78 is 4.89. The number of nitrogens with two attached hydrogens (primary N) is 1. The second-order valence-corrected chi connectivity index (χ2v) is 4.35. The summed E-state index contributed by atoms with van der Waals surface area (Å²) in [4.78, 5) is 14.3. The molecule has 0 radical (unpaired) electrons. The second kappa shape index (κ2) is 14.6. The van der Waals surface area contributed by atoms with E-state index in [4.69, 9.17) is 10.5 Å². The number of carbonyl (C=O) groups is 1. The average Bonchev–Trinajstić information content (AvgIpc) is 2.55. The summed E-state index contributed by atoms with van der Waals surface area (Å²) in [5, 5.41) is 9.39. The number of amides is 1. The Morgan fingerprint density at radius 2 is 2.04 bits per heavy atom. The fourth-order valence-electron chi connectivity index (χ4n) is 1.45. The molecular formula is C18H30N2O3. The van der Waals surface area contributed by atoms with Crippen LogP contribution in [0.3, 0.4) is 0 Å². The van der Waals surface area contributed by atoms with Crippen LogP contribution in [0.5, 0.6) is 11.5 Å². The lowest BCUT2D eigenvalue weighted by atomic mass is 10.2. The normalized spacial score (nSPS) is 9.70. The number of phenols is 1. The number of para-hydroxylation sites is 1. The van der Waals surface area contributed by atoms with Crippen molar-refractivity contribution < 1.29 is 14.6 Å². The molecule has 0 bridgehead atoms. The van der Waals surface area contributed by atoms with Crippen molar-refractivity contribution in [2.75, 3.05) is 7.11 Å². The molecule has 0 aliphatic heterocycles. The summed E-state index contributed by atoms with van der Waals surface area (Å²) in [6, 6.07) is 5.27. The van der Waals surface area contributed by atoms with Crippen LogP contribution in [0.15, 0.2) is 29.8 Å². The number of unbranched alkanes of at least 4 members (excludes halogenated alkanes) is 1. The fraction of sp³-hybridized carbons (Fsp3) is 0.444. The molecule has 5 nitrogen and oxygen atoms in total. The molecule has 1 amide bonds. The first-order chi connectivity index (χ1) is 11.0. The number of hydrogen-bond acceptors (Lipinski definition) is 3. The molecule has 1 aromatic rings. The topological polar surface area (TPSA) is 84.9 Å². The zero-order valence-corrected chi connectivity index (χ0v) is 14.9. The Labute approximate surface area is 139 Å². The Kier molecular flexibility index (Phi) is 14.6. The van der Waals surface area contributed by atoms with E-state index >= 15 is 0 Å². The summed E-state index contributed by atoms with van der Waals surface area (Å²) in [6.07, 6.45) is 4.02. The third kappa shape index (κ3) is 11.0. The number of amidine groups is 1. The van der Waals surface area contributed by atoms with Gasteiger partial charge in [0.25, 0.3) is 0 Å². The van der Waals surface area contributed by atoms with E-state index in [9.17, 15) is 9.90 Å². The highest BCUT2D eigenvalue weighted by atomic mass is 16.5. The lowest BCUT2D eigenvalue weighted by Gasteiger charge is -2.04. The number of aliphatic imine (C=N–C) groups is 1. The molecule has 0 heterocycles. The number of aromatic hydroxyl groups is 1. The Morgan fingerprint density at radius 3 is 2.48 bits per heavy atom. The van der Waals surface area contributed by atoms with Gasteiger partial charge in [0.15, 0.2) is 11.5 Å². The first-order valence-electron chi connectivity index (χ1n) is 7.78. The molecule has 3 N–H and O–H groups in total. The largest absolute Gasteiger partial charge is 0.504 e. The van der Waals surface area contributed by atoms with Crippen molar-refractivity contribution in [2.45, 2.75) is 47.0 Å². The highest BCUT2D eigenvalue weighted by molar-refractivity contribution is 5.92. The van der Waals surface area contributed by atoms with Gasteiger partial charge < -0.3 is 15.6 Å². The molecule has 0 fully saturated rings. The smallest absolute Gasteiger partial charge is 0.247 e. The first-order valence-corrected chi connectivity index (χ1v) is 7.78. The molecule has 0 saturated carbocycles. The maximum Gasteiger partial charge on any atom is 0.247 e. The van der Waals surface area contributed by atoms with Gasteiger partial charge in [-0.15, -0.1) is 0 Å². The van der Waals surface area contributed by atoms with Gasteiger partial charge in [-0.2, -0.15) is 0 Å². The zero-order valence-electron chi connectivity index (χ0n) is 14.9. The number of phenolic OH excluding ortho intramolecular Hbond substituents is 1. The van der Waals surface area contributed by atoms with E-state index in [0.717, 1.165) is 12.8 Å². The van der Waals surface area contributed by atoms with Crippen molar-refractivity contribution in [3.63, 3.8) is 0 Å². The number of methoxy groups -OCH3 is 1. The number of hydrogen-bond donors (Lipinski definition) is 2. The van der Waals surface area contributed by atoms with Gasteiger partial charge in [0.05, 0.1) is 12.9 Å². The second-order valence-electron chi connectivity index (χ2n) is 4.35. The van der Waals surface area contributed by atoms with E-state index in [1.165, 1.54) is 7.11 Å². The maximum atomic E-state index is 10.7. The quantitative estimate of drug-likeness (QED) is 0.630. The highest BCUT2D eigenvalue weighted by Gasteiger charge is 2.02. The van der Waals surface area contributed by atoms with Crippen LogP contribution in [0.25, 0.3) is 6.08 Å². The van der Waals surface area contributed by atoms with E-state index in [1.54, 1.807) is 31.2 Å². The third-order valence-corrected chi connectivity index (χ3v) is 2.52. The van der Waals surface area contributed by atoms with E-state index in [2.05, 4.69) is 11.6 Å². The van der Waals surface area contributed by atoms with Crippen LogP contribution >= 0.6 is 0 Å². The van der Waals surface area contributed by atoms with Crippen LogP contribution in [0.2, 0.25) is 0 Å². The van der Waals surface area contributed by atoms with Crippen molar-refractivity contribution in [1.82, 2.24) is 0 Å². The molecule has 1 aromatic carbocycles. The Balaban J connectivity index is 0. The summed E-state index contributed by atoms with van der Waals surface area (Å²) in [5.41, 5.74) is 5.88. The van der Waals surface area contributed by atoms with Gasteiger partial charge in [-0.25, -0.2) is 4.99 Å². The van der Waals surface area contributed by atoms with Crippen LogP contribution in [0, 0.1) is 0 Å². The van der Waals surface area contributed by atoms with Crippen LogP contribution in [-0.2, 0) is 4.79 Å². The van der Waals surface area contributed by atoms with Crippen molar-refractivity contribution >= 4 is 17.8 Å². The minimum atomic E-state index is -0.109. The summed E-state index contributed by atoms with van der Waals surface area (Å²) >= 11 is 0. The van der Waals surface area contributed by atoms with Gasteiger partial charge in [-0.05, 0) is 19.4 Å². The molecule has 1 rings (SSSR count). The predicted molar refractivity (Wildman–Crippen MR) is 97.9 cm³/mol. The Bertz CT molecular complexity index is 493. The van der Waals surface area contributed by atoms with Crippen molar-refractivity contribution in [1.29, 1.82) is 0 Å². The average molecular weight is 322 g/mol. The van der Waals surface area contributed by atoms with Gasteiger partial charge >= 0.3 is 0 Å². The minimum absolute atomic E-state index is 0.109.